The molecule has 2 nitrogen and oxygen atoms in total. The molecule has 0 heterocycles. The quantitative estimate of drug-likeness (QED) is 0.683. The van der Waals surface area contributed by atoms with Crippen LogP contribution in [0.25, 0.3) is 0 Å². The Labute approximate surface area is 73.3 Å². The van der Waals surface area contributed by atoms with Crippen LogP contribution in [-0.2, 0) is 0 Å². The van der Waals surface area contributed by atoms with Gasteiger partial charge in [0.2, 0.25) is 0 Å². The smallest absolute Gasteiger partial charge is 0.145 e. The van der Waals surface area contributed by atoms with Crippen LogP contribution in [0.4, 0.5) is 5.69 Å². The van der Waals surface area contributed by atoms with Crippen LogP contribution >= 0.6 is 0 Å². The van der Waals surface area contributed by atoms with Crippen LogP contribution in [0.1, 0.15) is 25.3 Å². The maximum atomic E-state index is 5.74. The topological polar surface area (TPSA) is 35.2 Å². The fourth-order valence-electron chi connectivity index (χ4n) is 1.26. The summed E-state index contributed by atoms with van der Waals surface area (Å²) in [4.78, 5) is 0. The third-order valence-electron chi connectivity index (χ3n) is 1.90. The Bertz CT molecular complexity index is 269. The maximum Gasteiger partial charge on any atom is 0.145 e. The summed E-state index contributed by atoms with van der Waals surface area (Å²) in [7, 11) is 1.65. The number of para-hydroxylation sites is 1. The third-order valence-corrected chi connectivity index (χ3v) is 1.90. The molecule has 1 aromatic carbocycles. The van der Waals surface area contributed by atoms with Crippen molar-refractivity contribution in [1.29, 1.82) is 0 Å². The molecular weight excluding hydrogens is 150 g/mol. The molecule has 0 bridgehead atoms. The molecule has 1 rings (SSSR count). The van der Waals surface area contributed by atoms with Crippen LogP contribution in [0.3, 0.4) is 0 Å². The Morgan fingerprint density at radius 2 is 2.00 bits per heavy atom. The first-order valence-electron chi connectivity index (χ1n) is 4.09. The second kappa shape index (κ2) is 3.48. The van der Waals surface area contributed by atoms with Gasteiger partial charge in [-0.1, -0.05) is 26.0 Å². The monoisotopic (exact) mass is 165 g/mol. The second-order valence-corrected chi connectivity index (χ2v) is 3.12. The zero-order chi connectivity index (χ0) is 9.14. The van der Waals surface area contributed by atoms with Crippen LogP contribution in [0.5, 0.6) is 5.75 Å². The normalized spacial score (nSPS) is 10.3. The Morgan fingerprint density at radius 3 is 2.42 bits per heavy atom. The van der Waals surface area contributed by atoms with Gasteiger partial charge in [-0.15, -0.1) is 0 Å². The highest BCUT2D eigenvalue weighted by molar-refractivity contribution is 5.57. The predicted octanol–water partition coefficient (Wildman–Crippen LogP) is 2.40. The highest BCUT2D eigenvalue weighted by Crippen LogP contribution is 2.31. The summed E-state index contributed by atoms with van der Waals surface area (Å²) in [5, 5.41) is 0. The standard InChI is InChI=1S/C10H15NO/c1-7(2)8-5-4-6-9(11)10(8)12-3/h4-7H,11H2,1-3H3. The van der Waals surface area contributed by atoms with Crippen LogP contribution in [-0.4, -0.2) is 7.11 Å². The van der Waals surface area contributed by atoms with Crippen molar-refractivity contribution in [3.8, 4) is 5.75 Å². The number of rotatable bonds is 2. The number of anilines is 1. The number of hydrogen-bond donors (Lipinski definition) is 1. The van der Waals surface area contributed by atoms with Crippen LogP contribution in [0.15, 0.2) is 18.2 Å². The summed E-state index contributed by atoms with van der Waals surface area (Å²) in [6.07, 6.45) is 0. The van der Waals surface area contributed by atoms with E-state index in [0.29, 0.717) is 11.6 Å². The third kappa shape index (κ3) is 1.52. The molecule has 0 aliphatic heterocycles. The van der Waals surface area contributed by atoms with Crippen molar-refractivity contribution in [2.24, 2.45) is 0 Å². The summed E-state index contributed by atoms with van der Waals surface area (Å²) in [6.45, 7) is 4.24. The SMILES string of the molecule is COc1c(N)cccc1C(C)C. The molecule has 0 aliphatic carbocycles. The molecule has 1 aromatic rings. The first kappa shape index (κ1) is 8.91. The van der Waals surface area contributed by atoms with Crippen molar-refractivity contribution < 1.29 is 4.74 Å². The van der Waals surface area contributed by atoms with Crippen molar-refractivity contribution in [2.75, 3.05) is 12.8 Å². The predicted molar refractivity (Wildman–Crippen MR) is 51.5 cm³/mol. The molecule has 0 spiro atoms. The molecule has 0 saturated carbocycles. The van der Waals surface area contributed by atoms with Crippen molar-refractivity contribution in [3.63, 3.8) is 0 Å². The number of hydrogen-bond acceptors (Lipinski definition) is 2. The molecule has 0 aliphatic rings. The van der Waals surface area contributed by atoms with Crippen LogP contribution in [0.2, 0.25) is 0 Å². The first-order chi connectivity index (χ1) is 5.66. The molecule has 0 amide bonds. The van der Waals surface area contributed by atoms with E-state index in [-0.39, 0.29) is 0 Å². The number of benzene rings is 1. The van der Waals surface area contributed by atoms with Gasteiger partial charge in [-0.25, -0.2) is 0 Å². The minimum atomic E-state index is 0.448. The first-order valence-corrected chi connectivity index (χ1v) is 4.09. The van der Waals surface area contributed by atoms with Gasteiger partial charge in [0.05, 0.1) is 12.8 Å². The van der Waals surface area contributed by atoms with Gasteiger partial charge in [0.1, 0.15) is 5.75 Å². The number of methoxy groups -OCH3 is 1. The lowest BCUT2D eigenvalue weighted by molar-refractivity contribution is 0.410. The van der Waals surface area contributed by atoms with E-state index in [1.807, 2.05) is 18.2 Å². The minimum absolute atomic E-state index is 0.448. The molecule has 2 N–H and O–H groups in total. The molecule has 12 heavy (non-hydrogen) atoms. The van der Waals surface area contributed by atoms with Gasteiger partial charge in [-0.05, 0) is 17.5 Å². The van der Waals surface area contributed by atoms with E-state index in [1.54, 1.807) is 7.11 Å². The number of nitrogen functional groups attached to an aromatic ring is 1. The molecule has 0 aromatic heterocycles. The van der Waals surface area contributed by atoms with E-state index >= 15 is 0 Å². The van der Waals surface area contributed by atoms with E-state index < -0.39 is 0 Å². The zero-order valence-corrected chi connectivity index (χ0v) is 7.79. The van der Waals surface area contributed by atoms with Crippen LogP contribution in [0, 0.1) is 0 Å². The fourth-order valence-corrected chi connectivity index (χ4v) is 1.26. The second-order valence-electron chi connectivity index (χ2n) is 3.12. The highest BCUT2D eigenvalue weighted by atomic mass is 16.5. The van der Waals surface area contributed by atoms with Crippen molar-refractivity contribution >= 4 is 5.69 Å². The van der Waals surface area contributed by atoms with E-state index in [1.165, 1.54) is 0 Å². The minimum Gasteiger partial charge on any atom is -0.494 e. The molecule has 0 saturated heterocycles. The number of nitrogens with two attached hydrogens (primary N) is 1. The zero-order valence-electron chi connectivity index (χ0n) is 7.79. The Morgan fingerprint density at radius 1 is 1.33 bits per heavy atom. The molecule has 2 heteroatoms. The van der Waals surface area contributed by atoms with E-state index in [4.69, 9.17) is 10.5 Å². The van der Waals surface area contributed by atoms with Gasteiger partial charge < -0.3 is 10.5 Å². The molecule has 0 unspecified atom stereocenters. The Balaban J connectivity index is 3.18. The summed E-state index contributed by atoms with van der Waals surface area (Å²) in [5.41, 5.74) is 7.62. The van der Waals surface area contributed by atoms with Gasteiger partial charge in [-0.2, -0.15) is 0 Å². The van der Waals surface area contributed by atoms with E-state index in [0.717, 1.165) is 11.3 Å². The van der Waals surface area contributed by atoms with Crippen molar-refractivity contribution in [2.45, 2.75) is 19.8 Å². The van der Waals surface area contributed by atoms with Crippen molar-refractivity contribution in [1.82, 2.24) is 0 Å². The lowest BCUT2D eigenvalue weighted by Crippen LogP contribution is -1.98. The van der Waals surface area contributed by atoms with Crippen molar-refractivity contribution in [3.05, 3.63) is 23.8 Å². The maximum absolute atomic E-state index is 5.74. The molecular formula is C10H15NO. The van der Waals surface area contributed by atoms with Gasteiger partial charge in [-0.3, -0.25) is 0 Å². The van der Waals surface area contributed by atoms with Gasteiger partial charge >= 0.3 is 0 Å². The molecule has 0 atom stereocenters. The van der Waals surface area contributed by atoms with Gasteiger partial charge in [0.25, 0.3) is 0 Å². The van der Waals surface area contributed by atoms with E-state index in [2.05, 4.69) is 13.8 Å². The summed E-state index contributed by atoms with van der Waals surface area (Å²) in [6, 6.07) is 5.84. The lowest BCUT2D eigenvalue weighted by Gasteiger charge is -2.12. The Hall–Kier alpha value is -1.18. The summed E-state index contributed by atoms with van der Waals surface area (Å²) < 4.78 is 5.21. The molecule has 0 radical (unpaired) electrons. The summed E-state index contributed by atoms with van der Waals surface area (Å²) >= 11 is 0. The van der Waals surface area contributed by atoms with E-state index in [9.17, 15) is 0 Å². The average Bonchev–Trinajstić information content (AvgIpc) is 2.03. The fraction of sp³-hybridized carbons (Fsp3) is 0.400. The highest BCUT2D eigenvalue weighted by Gasteiger charge is 2.08. The summed E-state index contributed by atoms with van der Waals surface area (Å²) in [5.74, 6) is 1.26. The molecule has 0 fully saturated rings. The largest absolute Gasteiger partial charge is 0.494 e. The van der Waals surface area contributed by atoms with Gasteiger partial charge in [0, 0.05) is 0 Å². The lowest BCUT2D eigenvalue weighted by atomic mass is 10.0. The average molecular weight is 165 g/mol. The number of ether oxygens (including phenoxy) is 1. The van der Waals surface area contributed by atoms with Crippen LogP contribution < -0.4 is 10.5 Å². The molecule has 66 valence electrons. The Kier molecular flexibility index (Phi) is 2.58. The van der Waals surface area contributed by atoms with Gasteiger partial charge in [0.15, 0.2) is 0 Å².